The first-order valence-electron chi connectivity index (χ1n) is 7.51. The lowest BCUT2D eigenvalue weighted by atomic mass is 10.2. The number of carbonyl (C=O) groups excluding carboxylic acids is 2. The van der Waals surface area contributed by atoms with Gasteiger partial charge in [0, 0.05) is 37.0 Å². The molecular formula is C18H21N3O2. The van der Waals surface area contributed by atoms with Crippen LogP contribution in [0.2, 0.25) is 0 Å². The van der Waals surface area contributed by atoms with E-state index in [0.29, 0.717) is 24.3 Å². The van der Waals surface area contributed by atoms with Gasteiger partial charge in [0.2, 0.25) is 11.8 Å². The minimum atomic E-state index is -0.121. The molecule has 0 unspecified atom stereocenters. The van der Waals surface area contributed by atoms with Gasteiger partial charge in [0.15, 0.2) is 0 Å². The number of carbonyl (C=O) groups is 2. The molecule has 0 atom stereocenters. The molecule has 0 saturated carbocycles. The number of benzene rings is 2. The van der Waals surface area contributed by atoms with Crippen LogP contribution in [0.1, 0.15) is 18.9 Å². The Morgan fingerprint density at radius 1 is 0.913 bits per heavy atom. The van der Waals surface area contributed by atoms with E-state index in [0.717, 1.165) is 5.69 Å². The topological polar surface area (TPSA) is 70.2 Å². The highest BCUT2D eigenvalue weighted by atomic mass is 16.2. The molecule has 0 radical (unpaired) electrons. The third-order valence-corrected chi connectivity index (χ3v) is 3.19. The second kappa shape index (κ2) is 7.98. The van der Waals surface area contributed by atoms with Crippen molar-refractivity contribution in [1.29, 1.82) is 0 Å². The Balaban J connectivity index is 1.77. The summed E-state index contributed by atoms with van der Waals surface area (Å²) < 4.78 is 0. The molecular weight excluding hydrogens is 290 g/mol. The second-order valence-electron chi connectivity index (χ2n) is 5.35. The van der Waals surface area contributed by atoms with Crippen LogP contribution in [0.3, 0.4) is 0 Å². The number of anilines is 3. The lowest BCUT2D eigenvalue weighted by molar-refractivity contribution is -0.116. The summed E-state index contributed by atoms with van der Waals surface area (Å²) in [4.78, 5) is 22.9. The maximum Gasteiger partial charge on any atom is 0.226 e. The van der Waals surface area contributed by atoms with Crippen LogP contribution in [0.15, 0.2) is 48.5 Å². The fourth-order valence-electron chi connectivity index (χ4n) is 2.14. The van der Waals surface area contributed by atoms with Crippen molar-refractivity contribution >= 4 is 28.9 Å². The van der Waals surface area contributed by atoms with Crippen molar-refractivity contribution in [3.63, 3.8) is 0 Å². The quantitative estimate of drug-likeness (QED) is 0.766. The fraction of sp³-hybridized carbons (Fsp3) is 0.222. The molecule has 2 rings (SSSR count). The van der Waals surface area contributed by atoms with E-state index in [1.54, 1.807) is 24.3 Å². The fourth-order valence-corrected chi connectivity index (χ4v) is 2.14. The van der Waals surface area contributed by atoms with Crippen molar-refractivity contribution in [1.82, 2.24) is 0 Å². The van der Waals surface area contributed by atoms with Crippen LogP contribution in [0.25, 0.3) is 0 Å². The molecule has 23 heavy (non-hydrogen) atoms. The molecule has 2 aromatic carbocycles. The monoisotopic (exact) mass is 311 g/mol. The van der Waals surface area contributed by atoms with Crippen LogP contribution in [0.5, 0.6) is 0 Å². The van der Waals surface area contributed by atoms with Gasteiger partial charge in [-0.25, -0.2) is 0 Å². The Hall–Kier alpha value is -2.82. The van der Waals surface area contributed by atoms with Gasteiger partial charge in [0.05, 0.1) is 0 Å². The Morgan fingerprint density at radius 2 is 1.57 bits per heavy atom. The summed E-state index contributed by atoms with van der Waals surface area (Å²) in [5.41, 5.74) is 3.60. The molecule has 2 amide bonds. The van der Waals surface area contributed by atoms with E-state index >= 15 is 0 Å². The van der Waals surface area contributed by atoms with Gasteiger partial charge < -0.3 is 16.0 Å². The van der Waals surface area contributed by atoms with Crippen molar-refractivity contribution in [2.24, 2.45) is 0 Å². The minimum absolute atomic E-state index is 0.0579. The average Bonchev–Trinajstić information content (AvgIpc) is 2.49. The molecule has 0 aromatic heterocycles. The van der Waals surface area contributed by atoms with Gasteiger partial charge >= 0.3 is 0 Å². The predicted octanol–water partition coefficient (Wildman–Crippen LogP) is 3.39. The number of hydrogen-bond acceptors (Lipinski definition) is 3. The molecule has 120 valence electrons. The smallest absolute Gasteiger partial charge is 0.226 e. The molecule has 2 aromatic rings. The Bertz CT molecular complexity index is 681. The summed E-state index contributed by atoms with van der Waals surface area (Å²) in [6.45, 7) is 4.05. The van der Waals surface area contributed by atoms with Gasteiger partial charge in [-0.3, -0.25) is 9.59 Å². The van der Waals surface area contributed by atoms with Crippen LogP contribution >= 0.6 is 0 Å². The van der Waals surface area contributed by atoms with E-state index in [2.05, 4.69) is 16.0 Å². The normalized spacial score (nSPS) is 10.0. The highest BCUT2D eigenvalue weighted by Gasteiger charge is 2.03. The Kier molecular flexibility index (Phi) is 5.74. The molecule has 0 fully saturated rings. The molecule has 5 heteroatoms. The molecule has 0 saturated heterocycles. The zero-order valence-electron chi connectivity index (χ0n) is 13.3. The average molecular weight is 311 g/mol. The van der Waals surface area contributed by atoms with Crippen LogP contribution in [-0.4, -0.2) is 18.4 Å². The number of nitrogens with one attached hydrogen (secondary N) is 3. The minimum Gasteiger partial charge on any atom is -0.385 e. The van der Waals surface area contributed by atoms with Crippen molar-refractivity contribution < 1.29 is 9.59 Å². The standard InChI is InChI=1S/C18H21N3O2/c1-13-4-3-5-17(12-13)19-11-10-18(23)21-16-8-6-15(7-9-16)20-14(2)22/h3-9,12,19H,10-11H2,1-2H3,(H,20,22)(H,21,23). The van der Waals surface area contributed by atoms with E-state index in [1.807, 2.05) is 31.2 Å². The van der Waals surface area contributed by atoms with Gasteiger partial charge in [0.25, 0.3) is 0 Å². The number of amides is 2. The highest BCUT2D eigenvalue weighted by molar-refractivity contribution is 5.92. The first kappa shape index (κ1) is 16.5. The van der Waals surface area contributed by atoms with Gasteiger partial charge in [-0.2, -0.15) is 0 Å². The highest BCUT2D eigenvalue weighted by Crippen LogP contribution is 2.14. The maximum absolute atomic E-state index is 11.9. The number of aryl methyl sites for hydroxylation is 1. The SMILES string of the molecule is CC(=O)Nc1ccc(NC(=O)CCNc2cccc(C)c2)cc1. The summed E-state index contributed by atoms with van der Waals surface area (Å²) >= 11 is 0. The number of rotatable bonds is 6. The molecule has 0 spiro atoms. The molecule has 0 aliphatic carbocycles. The van der Waals surface area contributed by atoms with Gasteiger partial charge in [-0.15, -0.1) is 0 Å². The van der Waals surface area contributed by atoms with Crippen molar-refractivity contribution in [3.05, 3.63) is 54.1 Å². The van der Waals surface area contributed by atoms with E-state index in [-0.39, 0.29) is 11.8 Å². The molecule has 0 bridgehead atoms. The molecule has 0 heterocycles. The van der Waals surface area contributed by atoms with E-state index in [1.165, 1.54) is 12.5 Å². The number of hydrogen-bond donors (Lipinski definition) is 3. The lowest BCUT2D eigenvalue weighted by Crippen LogP contribution is -2.16. The van der Waals surface area contributed by atoms with E-state index < -0.39 is 0 Å². The summed E-state index contributed by atoms with van der Waals surface area (Å²) in [7, 11) is 0. The van der Waals surface area contributed by atoms with Crippen LogP contribution in [0, 0.1) is 6.92 Å². The molecule has 3 N–H and O–H groups in total. The molecule has 5 nitrogen and oxygen atoms in total. The van der Waals surface area contributed by atoms with Crippen LogP contribution in [-0.2, 0) is 9.59 Å². The van der Waals surface area contributed by atoms with Crippen LogP contribution < -0.4 is 16.0 Å². The van der Waals surface area contributed by atoms with Crippen LogP contribution in [0.4, 0.5) is 17.1 Å². The van der Waals surface area contributed by atoms with Gasteiger partial charge in [-0.1, -0.05) is 12.1 Å². The molecule has 0 aliphatic rings. The van der Waals surface area contributed by atoms with Crippen molar-refractivity contribution in [3.8, 4) is 0 Å². The van der Waals surface area contributed by atoms with E-state index in [4.69, 9.17) is 0 Å². The maximum atomic E-state index is 11.9. The third kappa shape index (κ3) is 5.82. The zero-order valence-corrected chi connectivity index (χ0v) is 13.3. The second-order valence-corrected chi connectivity index (χ2v) is 5.35. The largest absolute Gasteiger partial charge is 0.385 e. The third-order valence-electron chi connectivity index (χ3n) is 3.19. The first-order chi connectivity index (χ1) is 11.0. The van der Waals surface area contributed by atoms with Gasteiger partial charge in [-0.05, 0) is 48.9 Å². The molecule has 0 aliphatic heterocycles. The van der Waals surface area contributed by atoms with Crippen molar-refractivity contribution in [2.45, 2.75) is 20.3 Å². The Morgan fingerprint density at radius 3 is 2.17 bits per heavy atom. The van der Waals surface area contributed by atoms with E-state index in [9.17, 15) is 9.59 Å². The summed E-state index contributed by atoms with van der Waals surface area (Å²) in [6.07, 6.45) is 0.376. The summed E-state index contributed by atoms with van der Waals surface area (Å²) in [6, 6.07) is 15.1. The summed E-state index contributed by atoms with van der Waals surface area (Å²) in [5, 5.41) is 8.73. The predicted molar refractivity (Wildman–Crippen MR) is 93.7 cm³/mol. The summed E-state index contributed by atoms with van der Waals surface area (Å²) in [5.74, 6) is -0.179. The first-order valence-corrected chi connectivity index (χ1v) is 7.51. The zero-order chi connectivity index (χ0) is 16.7. The van der Waals surface area contributed by atoms with Crippen molar-refractivity contribution in [2.75, 3.05) is 22.5 Å². The van der Waals surface area contributed by atoms with Gasteiger partial charge in [0.1, 0.15) is 0 Å². The lowest BCUT2D eigenvalue weighted by Gasteiger charge is -2.09. The Labute approximate surface area is 136 Å².